The Morgan fingerprint density at radius 3 is 2.33 bits per heavy atom. The molecule has 2 aromatic carbocycles. The number of carbonyl (C=O) groups excluding carboxylic acids is 2. The van der Waals surface area contributed by atoms with Gasteiger partial charge < -0.3 is 10.2 Å². The number of nitrogens with zero attached hydrogens (tertiary/aromatic N) is 2. The largest absolute Gasteiger partial charge is 0.354 e. The SMILES string of the molecule is CCCCNC(=O)[C@H](C)N(Cc1ccc(Cl)cc1)C(=O)CCCN(c1cccc(C)c1C)S(C)(=O)=O. The van der Waals surface area contributed by atoms with Crippen molar-refractivity contribution in [2.24, 2.45) is 0 Å². The van der Waals surface area contributed by atoms with Crippen LogP contribution in [-0.2, 0) is 26.2 Å². The van der Waals surface area contributed by atoms with Gasteiger partial charge in [0.05, 0.1) is 11.9 Å². The fourth-order valence-electron chi connectivity index (χ4n) is 3.89. The Balaban J connectivity index is 2.17. The first-order valence-corrected chi connectivity index (χ1v) is 14.5. The number of nitrogens with one attached hydrogen (secondary N) is 1. The molecule has 1 atom stereocenters. The van der Waals surface area contributed by atoms with E-state index in [1.54, 1.807) is 30.0 Å². The van der Waals surface area contributed by atoms with Crippen LogP contribution in [0.1, 0.15) is 56.2 Å². The van der Waals surface area contributed by atoms with Crippen molar-refractivity contribution in [2.45, 2.75) is 66.0 Å². The Hall–Kier alpha value is -2.58. The lowest BCUT2D eigenvalue weighted by Gasteiger charge is -2.29. The summed E-state index contributed by atoms with van der Waals surface area (Å²) >= 11 is 6.00. The molecule has 0 aromatic heterocycles. The molecule has 0 spiro atoms. The van der Waals surface area contributed by atoms with Crippen molar-refractivity contribution in [3.8, 4) is 0 Å². The predicted octanol–water partition coefficient (Wildman–Crippen LogP) is 4.84. The Morgan fingerprint density at radius 2 is 1.72 bits per heavy atom. The maximum absolute atomic E-state index is 13.3. The van der Waals surface area contributed by atoms with E-state index in [1.165, 1.54) is 10.6 Å². The van der Waals surface area contributed by atoms with E-state index < -0.39 is 16.1 Å². The number of anilines is 1. The van der Waals surface area contributed by atoms with Gasteiger partial charge in [-0.15, -0.1) is 0 Å². The van der Waals surface area contributed by atoms with Gasteiger partial charge in [-0.2, -0.15) is 0 Å². The molecule has 0 aliphatic carbocycles. The normalized spacial score (nSPS) is 12.2. The molecule has 2 aromatic rings. The van der Waals surface area contributed by atoms with Crippen LogP contribution in [0.15, 0.2) is 42.5 Å². The van der Waals surface area contributed by atoms with E-state index in [1.807, 2.05) is 45.0 Å². The molecule has 36 heavy (non-hydrogen) atoms. The third kappa shape index (κ3) is 8.52. The minimum atomic E-state index is -3.54. The molecular weight excluding hydrogens is 498 g/mol. The number of rotatable bonds is 13. The fourth-order valence-corrected chi connectivity index (χ4v) is 5.04. The standard InChI is InChI=1S/C27H38ClN3O4S/c1-6-7-17-29-27(33)22(4)30(19-23-13-15-24(28)16-14-23)26(32)12-9-18-31(36(5,34)35)25-11-8-10-20(2)21(25)3/h8,10-11,13-16,22H,6-7,9,12,17-19H2,1-5H3,(H,29,33)/t22-/m0/s1. The summed E-state index contributed by atoms with van der Waals surface area (Å²) in [4.78, 5) is 27.6. The van der Waals surface area contributed by atoms with Crippen LogP contribution in [0, 0.1) is 13.8 Å². The second kappa shape index (κ2) is 13.7. The van der Waals surface area contributed by atoms with Crippen LogP contribution in [-0.4, -0.2) is 50.5 Å². The van der Waals surface area contributed by atoms with Gasteiger partial charge in [-0.25, -0.2) is 8.42 Å². The Kier molecular flexibility index (Phi) is 11.2. The molecule has 0 unspecified atom stereocenters. The lowest BCUT2D eigenvalue weighted by atomic mass is 10.1. The lowest BCUT2D eigenvalue weighted by Crippen LogP contribution is -2.48. The molecule has 0 aliphatic heterocycles. The third-order valence-corrected chi connectivity index (χ3v) is 7.69. The quantitative estimate of drug-likeness (QED) is 0.372. The zero-order valence-corrected chi connectivity index (χ0v) is 23.5. The van der Waals surface area contributed by atoms with Crippen molar-refractivity contribution < 1.29 is 18.0 Å². The predicted molar refractivity (Wildman–Crippen MR) is 147 cm³/mol. The van der Waals surface area contributed by atoms with Crippen LogP contribution >= 0.6 is 11.6 Å². The summed E-state index contributed by atoms with van der Waals surface area (Å²) in [5.41, 5.74) is 3.35. The maximum Gasteiger partial charge on any atom is 0.242 e. The Bertz CT molecular complexity index is 1140. The van der Waals surface area contributed by atoms with E-state index >= 15 is 0 Å². The van der Waals surface area contributed by atoms with Crippen LogP contribution in [0.2, 0.25) is 5.02 Å². The van der Waals surface area contributed by atoms with Crippen LogP contribution in [0.3, 0.4) is 0 Å². The van der Waals surface area contributed by atoms with Gasteiger partial charge in [0.1, 0.15) is 6.04 Å². The molecule has 1 N–H and O–H groups in total. The minimum Gasteiger partial charge on any atom is -0.354 e. The molecule has 0 heterocycles. The van der Waals surface area contributed by atoms with Crippen molar-refractivity contribution in [2.75, 3.05) is 23.7 Å². The fraction of sp³-hybridized carbons (Fsp3) is 0.481. The van der Waals surface area contributed by atoms with Gasteiger partial charge in [0.15, 0.2) is 0 Å². The highest BCUT2D eigenvalue weighted by molar-refractivity contribution is 7.92. The van der Waals surface area contributed by atoms with E-state index in [0.29, 0.717) is 23.7 Å². The minimum absolute atomic E-state index is 0.108. The van der Waals surface area contributed by atoms with Gasteiger partial charge in [0.2, 0.25) is 21.8 Å². The molecule has 7 nitrogen and oxygen atoms in total. The number of aryl methyl sites for hydroxylation is 1. The number of carbonyl (C=O) groups is 2. The van der Waals surface area contributed by atoms with Gasteiger partial charge in [-0.05, 0) is 68.5 Å². The number of hydrogen-bond acceptors (Lipinski definition) is 4. The first-order chi connectivity index (χ1) is 17.0. The summed E-state index contributed by atoms with van der Waals surface area (Å²) < 4.78 is 26.5. The number of benzene rings is 2. The average molecular weight is 536 g/mol. The molecule has 0 radical (unpaired) electrons. The van der Waals surface area contributed by atoms with Crippen molar-refractivity contribution in [3.63, 3.8) is 0 Å². The molecule has 198 valence electrons. The van der Waals surface area contributed by atoms with Crippen molar-refractivity contribution >= 4 is 39.1 Å². The topological polar surface area (TPSA) is 86.8 Å². The zero-order chi connectivity index (χ0) is 26.9. The molecular formula is C27H38ClN3O4S. The number of unbranched alkanes of at least 4 members (excludes halogenated alkanes) is 1. The van der Waals surface area contributed by atoms with E-state index in [4.69, 9.17) is 11.6 Å². The first-order valence-electron chi connectivity index (χ1n) is 12.3. The van der Waals surface area contributed by atoms with Gasteiger partial charge >= 0.3 is 0 Å². The Labute approximate surface area is 220 Å². The summed E-state index contributed by atoms with van der Waals surface area (Å²) in [6.45, 7) is 8.57. The molecule has 2 amide bonds. The summed E-state index contributed by atoms with van der Waals surface area (Å²) in [5.74, 6) is -0.420. The van der Waals surface area contributed by atoms with Gasteiger partial charge in [0, 0.05) is 31.1 Å². The highest BCUT2D eigenvalue weighted by Gasteiger charge is 2.27. The van der Waals surface area contributed by atoms with Crippen LogP contribution in [0.4, 0.5) is 5.69 Å². The second-order valence-corrected chi connectivity index (χ2v) is 11.5. The number of halogens is 1. The summed E-state index contributed by atoms with van der Waals surface area (Å²) in [5, 5.41) is 3.49. The number of amides is 2. The molecule has 0 aliphatic rings. The zero-order valence-electron chi connectivity index (χ0n) is 21.9. The molecule has 9 heteroatoms. The first kappa shape index (κ1) is 29.6. The van der Waals surface area contributed by atoms with E-state index in [9.17, 15) is 18.0 Å². The van der Waals surface area contributed by atoms with E-state index in [0.717, 1.165) is 29.5 Å². The van der Waals surface area contributed by atoms with Crippen LogP contribution in [0.5, 0.6) is 0 Å². The third-order valence-electron chi connectivity index (χ3n) is 6.26. The monoisotopic (exact) mass is 535 g/mol. The van der Waals surface area contributed by atoms with Gasteiger partial charge in [0.25, 0.3) is 0 Å². The number of sulfonamides is 1. The second-order valence-electron chi connectivity index (χ2n) is 9.13. The molecule has 2 rings (SSSR count). The smallest absolute Gasteiger partial charge is 0.242 e. The van der Waals surface area contributed by atoms with Crippen molar-refractivity contribution in [1.82, 2.24) is 10.2 Å². The summed E-state index contributed by atoms with van der Waals surface area (Å²) in [7, 11) is -3.54. The van der Waals surface area contributed by atoms with Crippen LogP contribution < -0.4 is 9.62 Å². The molecule has 0 fully saturated rings. The van der Waals surface area contributed by atoms with Gasteiger partial charge in [-0.3, -0.25) is 13.9 Å². The maximum atomic E-state index is 13.3. The summed E-state index contributed by atoms with van der Waals surface area (Å²) in [6.07, 6.45) is 3.42. The highest BCUT2D eigenvalue weighted by atomic mass is 35.5. The number of hydrogen-bond donors (Lipinski definition) is 1. The highest BCUT2D eigenvalue weighted by Crippen LogP contribution is 2.25. The Morgan fingerprint density at radius 1 is 1.06 bits per heavy atom. The summed E-state index contributed by atoms with van der Waals surface area (Å²) in [6, 6.07) is 12.0. The molecule has 0 bridgehead atoms. The van der Waals surface area contributed by atoms with Crippen molar-refractivity contribution in [3.05, 3.63) is 64.2 Å². The molecule has 0 saturated heterocycles. The van der Waals surface area contributed by atoms with Crippen LogP contribution in [0.25, 0.3) is 0 Å². The lowest BCUT2D eigenvalue weighted by molar-refractivity contribution is -0.140. The van der Waals surface area contributed by atoms with Gasteiger partial charge in [-0.1, -0.05) is 49.2 Å². The van der Waals surface area contributed by atoms with E-state index in [-0.39, 0.29) is 31.3 Å². The van der Waals surface area contributed by atoms with E-state index in [2.05, 4.69) is 5.32 Å². The molecule has 0 saturated carbocycles. The van der Waals surface area contributed by atoms with Crippen molar-refractivity contribution in [1.29, 1.82) is 0 Å². The average Bonchev–Trinajstić information content (AvgIpc) is 2.82.